The number of amides is 1. The molecule has 8 nitrogen and oxygen atoms in total. The highest BCUT2D eigenvalue weighted by Crippen LogP contribution is 2.37. The summed E-state index contributed by atoms with van der Waals surface area (Å²) < 4.78 is 13.3. The molecule has 0 aliphatic heterocycles. The average Bonchev–Trinajstić information content (AvgIpc) is 3.41. The van der Waals surface area contributed by atoms with Gasteiger partial charge in [0.2, 0.25) is 5.91 Å². The van der Waals surface area contributed by atoms with Crippen LogP contribution in [0.1, 0.15) is 47.2 Å². The summed E-state index contributed by atoms with van der Waals surface area (Å²) in [5.41, 5.74) is 2.82. The van der Waals surface area contributed by atoms with E-state index in [4.69, 9.17) is 9.47 Å². The minimum absolute atomic E-state index is 0.159. The number of aryl methyl sites for hydroxylation is 2. The third-order valence-corrected chi connectivity index (χ3v) is 7.83. The number of benzene rings is 1. The first kappa shape index (κ1) is 24.1. The molecule has 1 aliphatic carbocycles. The third kappa shape index (κ3) is 5.21. The van der Waals surface area contributed by atoms with Crippen LogP contribution in [0.25, 0.3) is 0 Å². The number of hydrogen-bond acceptors (Lipinski definition) is 8. The maximum atomic E-state index is 12.7. The van der Waals surface area contributed by atoms with E-state index in [-0.39, 0.29) is 18.3 Å². The van der Waals surface area contributed by atoms with Crippen LogP contribution in [0.2, 0.25) is 0 Å². The van der Waals surface area contributed by atoms with Gasteiger partial charge < -0.3 is 19.4 Å². The Bertz CT molecular complexity index is 1230. The molecule has 2 heterocycles. The van der Waals surface area contributed by atoms with Gasteiger partial charge in [-0.25, -0.2) is 0 Å². The van der Waals surface area contributed by atoms with Crippen molar-refractivity contribution in [2.75, 3.05) is 18.2 Å². The predicted molar refractivity (Wildman–Crippen MR) is 133 cm³/mol. The summed E-state index contributed by atoms with van der Waals surface area (Å²) >= 11 is 2.85. The Morgan fingerprint density at radius 1 is 1.29 bits per heavy atom. The fourth-order valence-corrected chi connectivity index (χ4v) is 6.03. The van der Waals surface area contributed by atoms with Crippen molar-refractivity contribution in [3.63, 3.8) is 0 Å². The van der Waals surface area contributed by atoms with Crippen LogP contribution in [0.4, 0.5) is 5.00 Å². The number of nitriles is 1. The molecule has 4 rings (SSSR count). The van der Waals surface area contributed by atoms with Crippen molar-refractivity contribution in [1.82, 2.24) is 14.8 Å². The number of hydrogen-bond donors (Lipinski definition) is 1. The van der Waals surface area contributed by atoms with Crippen molar-refractivity contribution in [3.05, 3.63) is 45.6 Å². The van der Waals surface area contributed by atoms with E-state index in [1.165, 1.54) is 28.0 Å². The highest BCUT2D eigenvalue weighted by Gasteiger charge is 2.22. The number of rotatable bonds is 9. The molecule has 0 spiro atoms. The summed E-state index contributed by atoms with van der Waals surface area (Å²) in [5, 5.41) is 22.4. The van der Waals surface area contributed by atoms with Gasteiger partial charge in [0.05, 0.1) is 18.4 Å². The SMILES string of the molecule is CCn1c(COc2ccc(C)cc2OC)nnc1SCC(=O)Nc1sc2c(c1C#N)CCCC2. The number of thioether (sulfide) groups is 1. The zero-order valence-electron chi connectivity index (χ0n) is 19.5. The zero-order valence-corrected chi connectivity index (χ0v) is 21.1. The molecule has 1 amide bonds. The van der Waals surface area contributed by atoms with Gasteiger partial charge in [-0.05, 0) is 62.8 Å². The maximum Gasteiger partial charge on any atom is 0.235 e. The van der Waals surface area contributed by atoms with E-state index in [0.717, 1.165) is 36.8 Å². The fourth-order valence-electron chi connectivity index (χ4n) is 3.95. The Morgan fingerprint density at radius 2 is 2.12 bits per heavy atom. The largest absolute Gasteiger partial charge is 0.493 e. The Hall–Kier alpha value is -3.03. The van der Waals surface area contributed by atoms with Crippen molar-refractivity contribution in [3.8, 4) is 17.6 Å². The lowest BCUT2D eigenvalue weighted by atomic mass is 9.96. The molecule has 0 saturated heterocycles. The maximum absolute atomic E-state index is 12.7. The molecule has 178 valence electrons. The fraction of sp³-hybridized carbons (Fsp3) is 0.417. The summed E-state index contributed by atoms with van der Waals surface area (Å²) in [6, 6.07) is 8.04. The predicted octanol–water partition coefficient (Wildman–Crippen LogP) is 4.74. The Kier molecular flexibility index (Phi) is 7.75. The van der Waals surface area contributed by atoms with E-state index in [1.54, 1.807) is 7.11 Å². The van der Waals surface area contributed by atoms with Crippen LogP contribution >= 0.6 is 23.1 Å². The number of carbonyl (C=O) groups is 1. The third-order valence-electron chi connectivity index (χ3n) is 5.65. The number of carbonyl (C=O) groups excluding carboxylic acids is 1. The van der Waals surface area contributed by atoms with Crippen LogP contribution in [0.5, 0.6) is 11.5 Å². The van der Waals surface area contributed by atoms with Gasteiger partial charge in [0, 0.05) is 11.4 Å². The molecule has 0 fully saturated rings. The van der Waals surface area contributed by atoms with Gasteiger partial charge >= 0.3 is 0 Å². The van der Waals surface area contributed by atoms with Crippen LogP contribution in [-0.2, 0) is 30.8 Å². The number of anilines is 1. The van der Waals surface area contributed by atoms with E-state index in [1.807, 2.05) is 36.6 Å². The van der Waals surface area contributed by atoms with Crippen molar-refractivity contribution in [2.45, 2.75) is 57.8 Å². The monoisotopic (exact) mass is 497 g/mol. The van der Waals surface area contributed by atoms with Crippen molar-refractivity contribution >= 4 is 34.0 Å². The smallest absolute Gasteiger partial charge is 0.235 e. The van der Waals surface area contributed by atoms with Gasteiger partial charge in [-0.15, -0.1) is 21.5 Å². The van der Waals surface area contributed by atoms with Gasteiger partial charge in [0.1, 0.15) is 17.7 Å². The normalized spacial score (nSPS) is 12.6. The standard InChI is InChI=1S/C24H27N5O3S2/c1-4-29-21(13-32-18-10-9-15(2)11-19(18)31-3)27-28-24(29)33-14-22(30)26-23-17(12-25)16-7-5-6-8-20(16)34-23/h9-11H,4-8,13-14H2,1-3H3,(H,26,30). The second-order valence-corrected chi connectivity index (χ2v) is 10.00. The minimum atomic E-state index is -0.159. The highest BCUT2D eigenvalue weighted by molar-refractivity contribution is 7.99. The molecule has 2 aromatic heterocycles. The molecule has 1 aliphatic rings. The summed E-state index contributed by atoms with van der Waals surface area (Å²) in [6.45, 7) is 4.88. The van der Waals surface area contributed by atoms with E-state index < -0.39 is 0 Å². The van der Waals surface area contributed by atoms with Gasteiger partial charge in [0.15, 0.2) is 22.5 Å². The molecule has 1 N–H and O–H groups in total. The number of fused-ring (bicyclic) bond motifs is 1. The van der Waals surface area contributed by atoms with Crippen LogP contribution < -0.4 is 14.8 Å². The first-order chi connectivity index (χ1) is 16.5. The molecule has 34 heavy (non-hydrogen) atoms. The van der Waals surface area contributed by atoms with Crippen molar-refractivity contribution in [1.29, 1.82) is 5.26 Å². The molecule has 0 unspecified atom stereocenters. The number of aromatic nitrogens is 3. The molecule has 0 saturated carbocycles. The summed E-state index contributed by atoms with van der Waals surface area (Å²) in [6.07, 6.45) is 4.13. The van der Waals surface area contributed by atoms with Crippen molar-refractivity contribution in [2.24, 2.45) is 0 Å². The topological polar surface area (TPSA) is 102 Å². The molecule has 10 heteroatoms. The van der Waals surface area contributed by atoms with E-state index in [0.29, 0.717) is 39.6 Å². The quantitative estimate of drug-likeness (QED) is 0.426. The first-order valence-corrected chi connectivity index (χ1v) is 13.0. The highest BCUT2D eigenvalue weighted by atomic mass is 32.2. The van der Waals surface area contributed by atoms with Gasteiger partial charge in [-0.1, -0.05) is 17.8 Å². The second kappa shape index (κ2) is 10.9. The molecule has 1 aromatic carbocycles. The summed E-state index contributed by atoms with van der Waals surface area (Å²) in [4.78, 5) is 13.9. The number of methoxy groups -OCH3 is 1. The molecular weight excluding hydrogens is 470 g/mol. The van der Waals surface area contributed by atoms with Crippen LogP contribution in [-0.4, -0.2) is 33.5 Å². The van der Waals surface area contributed by atoms with E-state index in [9.17, 15) is 10.1 Å². The van der Waals surface area contributed by atoms with Gasteiger partial charge in [0.25, 0.3) is 0 Å². The number of nitrogens with zero attached hydrogens (tertiary/aromatic N) is 4. The lowest BCUT2D eigenvalue weighted by Gasteiger charge is -2.12. The minimum Gasteiger partial charge on any atom is -0.493 e. The van der Waals surface area contributed by atoms with Gasteiger partial charge in [-0.3, -0.25) is 4.79 Å². The molecule has 0 atom stereocenters. The second-order valence-electron chi connectivity index (χ2n) is 7.95. The number of thiophene rings is 1. The van der Waals surface area contributed by atoms with Crippen LogP contribution in [0, 0.1) is 18.3 Å². The van der Waals surface area contributed by atoms with Crippen molar-refractivity contribution < 1.29 is 14.3 Å². The Labute approximate surface area is 207 Å². The zero-order chi connectivity index (χ0) is 24.1. The lowest BCUT2D eigenvalue weighted by molar-refractivity contribution is -0.113. The van der Waals surface area contributed by atoms with E-state index in [2.05, 4.69) is 21.6 Å². The lowest BCUT2D eigenvalue weighted by Crippen LogP contribution is -2.15. The Morgan fingerprint density at radius 3 is 2.88 bits per heavy atom. The molecule has 3 aromatic rings. The average molecular weight is 498 g/mol. The molecule has 0 radical (unpaired) electrons. The van der Waals surface area contributed by atoms with Crippen LogP contribution in [0.15, 0.2) is 23.4 Å². The first-order valence-electron chi connectivity index (χ1n) is 11.2. The number of nitrogens with one attached hydrogen (secondary N) is 1. The van der Waals surface area contributed by atoms with Crippen LogP contribution in [0.3, 0.4) is 0 Å². The van der Waals surface area contributed by atoms with Gasteiger partial charge in [-0.2, -0.15) is 5.26 Å². The summed E-state index contributed by atoms with van der Waals surface area (Å²) in [7, 11) is 1.61. The Balaban J connectivity index is 1.38. The number of ether oxygens (including phenoxy) is 2. The molecular formula is C24H27N5O3S2. The summed E-state index contributed by atoms with van der Waals surface area (Å²) in [5.74, 6) is 2.00. The molecule has 0 bridgehead atoms. The van der Waals surface area contributed by atoms with E-state index >= 15 is 0 Å².